The molecule has 0 aliphatic heterocycles. The third kappa shape index (κ3) is 2.11. The van der Waals surface area contributed by atoms with Crippen molar-refractivity contribution in [3.05, 3.63) is 16.9 Å². The molecule has 0 saturated carbocycles. The number of nitrogens with zero attached hydrogens (tertiary/aromatic N) is 1. The lowest BCUT2D eigenvalue weighted by molar-refractivity contribution is 0.333. The van der Waals surface area contributed by atoms with Gasteiger partial charge in [-0.1, -0.05) is 0 Å². The van der Waals surface area contributed by atoms with Crippen LogP contribution < -0.4 is 9.47 Å². The van der Waals surface area contributed by atoms with Crippen molar-refractivity contribution in [1.29, 1.82) is 0 Å². The molecule has 66 valence electrons. The van der Waals surface area contributed by atoms with Gasteiger partial charge >= 0.3 is 0 Å². The number of hydrogen-bond donors (Lipinski definition) is 0. The lowest BCUT2D eigenvalue weighted by Crippen LogP contribution is -1.94. The second kappa shape index (κ2) is 4.30. The highest BCUT2D eigenvalue weighted by molar-refractivity contribution is 9.10. The summed E-state index contributed by atoms with van der Waals surface area (Å²) in [6.07, 6.45) is 1.65. The van der Waals surface area contributed by atoms with E-state index in [1.165, 1.54) is 0 Å². The SMILES string of the molecule is CCOc1cnc(Br)c(OC)c1. The predicted molar refractivity (Wildman–Crippen MR) is 49.7 cm³/mol. The van der Waals surface area contributed by atoms with Gasteiger partial charge in [0.25, 0.3) is 0 Å². The molecule has 0 amide bonds. The molecule has 0 unspecified atom stereocenters. The van der Waals surface area contributed by atoms with Gasteiger partial charge in [-0.25, -0.2) is 4.98 Å². The first-order chi connectivity index (χ1) is 5.77. The second-order valence-corrected chi connectivity index (χ2v) is 2.85. The van der Waals surface area contributed by atoms with Gasteiger partial charge in [-0.05, 0) is 22.9 Å². The summed E-state index contributed by atoms with van der Waals surface area (Å²) < 4.78 is 11.0. The lowest BCUT2D eigenvalue weighted by atomic mass is 10.4. The van der Waals surface area contributed by atoms with Crippen molar-refractivity contribution in [2.24, 2.45) is 0 Å². The molecule has 1 heterocycles. The van der Waals surface area contributed by atoms with E-state index in [0.717, 1.165) is 5.75 Å². The Labute approximate surface area is 79.8 Å². The van der Waals surface area contributed by atoms with E-state index in [0.29, 0.717) is 17.0 Å². The normalized spacial score (nSPS) is 9.58. The van der Waals surface area contributed by atoms with Crippen molar-refractivity contribution in [1.82, 2.24) is 4.98 Å². The summed E-state index contributed by atoms with van der Waals surface area (Å²) in [6, 6.07) is 1.79. The van der Waals surface area contributed by atoms with Gasteiger partial charge in [-0.15, -0.1) is 0 Å². The molecule has 0 aromatic carbocycles. The largest absolute Gasteiger partial charge is 0.494 e. The number of rotatable bonds is 3. The van der Waals surface area contributed by atoms with Gasteiger partial charge in [0.15, 0.2) is 5.75 Å². The molecule has 3 nitrogen and oxygen atoms in total. The van der Waals surface area contributed by atoms with Crippen LogP contribution in [-0.2, 0) is 0 Å². The molecule has 1 aromatic rings. The smallest absolute Gasteiger partial charge is 0.155 e. The van der Waals surface area contributed by atoms with Crippen LogP contribution in [-0.4, -0.2) is 18.7 Å². The zero-order chi connectivity index (χ0) is 8.97. The van der Waals surface area contributed by atoms with E-state index in [-0.39, 0.29) is 0 Å². The first-order valence-corrected chi connectivity index (χ1v) is 4.39. The Hall–Kier alpha value is -0.770. The molecule has 1 rings (SSSR count). The molecule has 12 heavy (non-hydrogen) atoms. The first-order valence-electron chi connectivity index (χ1n) is 3.60. The molecular formula is C8H10BrNO2. The molecule has 0 aliphatic carbocycles. The van der Waals surface area contributed by atoms with Gasteiger partial charge < -0.3 is 9.47 Å². The molecule has 1 aromatic heterocycles. The van der Waals surface area contributed by atoms with E-state index < -0.39 is 0 Å². The lowest BCUT2D eigenvalue weighted by Gasteiger charge is -2.05. The second-order valence-electron chi connectivity index (χ2n) is 2.10. The van der Waals surface area contributed by atoms with E-state index in [9.17, 15) is 0 Å². The van der Waals surface area contributed by atoms with Crippen LogP contribution in [0.2, 0.25) is 0 Å². The van der Waals surface area contributed by atoms with E-state index in [1.54, 1.807) is 19.4 Å². The fraction of sp³-hybridized carbons (Fsp3) is 0.375. The molecule has 0 atom stereocenters. The summed E-state index contributed by atoms with van der Waals surface area (Å²) in [6.45, 7) is 2.56. The average Bonchev–Trinajstić information content (AvgIpc) is 2.09. The van der Waals surface area contributed by atoms with Crippen molar-refractivity contribution >= 4 is 15.9 Å². The van der Waals surface area contributed by atoms with Crippen LogP contribution in [0.4, 0.5) is 0 Å². The van der Waals surface area contributed by atoms with Crippen LogP contribution in [0.5, 0.6) is 11.5 Å². The Morgan fingerprint density at radius 1 is 1.58 bits per heavy atom. The monoisotopic (exact) mass is 231 g/mol. The standard InChI is InChI=1S/C8H10BrNO2/c1-3-12-6-4-7(11-2)8(9)10-5-6/h4-5H,3H2,1-2H3. The molecule has 0 spiro atoms. The van der Waals surface area contributed by atoms with Crippen LogP contribution in [0.15, 0.2) is 16.9 Å². The molecule has 0 aliphatic rings. The maximum atomic E-state index is 5.24. The quantitative estimate of drug-likeness (QED) is 0.749. The molecule has 0 saturated heterocycles. The first kappa shape index (κ1) is 9.32. The number of methoxy groups -OCH3 is 1. The number of ether oxygens (including phenoxy) is 2. The summed E-state index contributed by atoms with van der Waals surface area (Å²) in [4.78, 5) is 4.04. The molecule has 0 radical (unpaired) electrons. The van der Waals surface area contributed by atoms with E-state index in [1.807, 2.05) is 6.92 Å². The zero-order valence-electron chi connectivity index (χ0n) is 7.00. The van der Waals surface area contributed by atoms with E-state index >= 15 is 0 Å². The van der Waals surface area contributed by atoms with Crippen molar-refractivity contribution in [2.75, 3.05) is 13.7 Å². The van der Waals surface area contributed by atoms with Gasteiger partial charge in [-0.3, -0.25) is 0 Å². The maximum Gasteiger partial charge on any atom is 0.155 e. The summed E-state index contributed by atoms with van der Waals surface area (Å²) in [5, 5.41) is 0. The summed E-state index contributed by atoms with van der Waals surface area (Å²) in [5.41, 5.74) is 0. The highest BCUT2D eigenvalue weighted by atomic mass is 79.9. The van der Waals surface area contributed by atoms with E-state index in [2.05, 4.69) is 20.9 Å². The summed E-state index contributed by atoms with van der Waals surface area (Å²) in [7, 11) is 1.59. The van der Waals surface area contributed by atoms with Gasteiger partial charge in [0, 0.05) is 6.07 Å². The molecule has 0 bridgehead atoms. The van der Waals surface area contributed by atoms with Gasteiger partial charge in [0.2, 0.25) is 0 Å². The molecular weight excluding hydrogens is 222 g/mol. The highest BCUT2D eigenvalue weighted by Gasteiger charge is 2.02. The Balaban J connectivity index is 2.89. The van der Waals surface area contributed by atoms with Crippen molar-refractivity contribution in [3.63, 3.8) is 0 Å². The number of halogens is 1. The minimum atomic E-state index is 0.631. The minimum absolute atomic E-state index is 0.631. The van der Waals surface area contributed by atoms with Crippen LogP contribution >= 0.6 is 15.9 Å². The highest BCUT2D eigenvalue weighted by Crippen LogP contribution is 2.26. The fourth-order valence-electron chi connectivity index (χ4n) is 0.799. The third-order valence-electron chi connectivity index (χ3n) is 1.31. The third-order valence-corrected chi connectivity index (χ3v) is 1.91. The molecule has 4 heteroatoms. The van der Waals surface area contributed by atoms with Crippen LogP contribution in [0.25, 0.3) is 0 Å². The van der Waals surface area contributed by atoms with Gasteiger partial charge in [0.1, 0.15) is 10.4 Å². The van der Waals surface area contributed by atoms with Crippen LogP contribution in [0.1, 0.15) is 6.92 Å². The van der Waals surface area contributed by atoms with Crippen molar-refractivity contribution in [2.45, 2.75) is 6.92 Å². The zero-order valence-corrected chi connectivity index (χ0v) is 8.59. The summed E-state index contributed by atoms with van der Waals surface area (Å²) >= 11 is 3.25. The number of aromatic nitrogens is 1. The number of hydrogen-bond acceptors (Lipinski definition) is 3. The Kier molecular flexibility index (Phi) is 3.34. The summed E-state index contributed by atoms with van der Waals surface area (Å²) in [5.74, 6) is 1.40. The number of pyridine rings is 1. The Morgan fingerprint density at radius 2 is 2.33 bits per heavy atom. The van der Waals surface area contributed by atoms with Crippen molar-refractivity contribution in [3.8, 4) is 11.5 Å². The van der Waals surface area contributed by atoms with Gasteiger partial charge in [-0.2, -0.15) is 0 Å². The van der Waals surface area contributed by atoms with Crippen LogP contribution in [0, 0.1) is 0 Å². The van der Waals surface area contributed by atoms with Crippen LogP contribution in [0.3, 0.4) is 0 Å². The molecule has 0 N–H and O–H groups in total. The fourth-order valence-corrected chi connectivity index (χ4v) is 1.18. The van der Waals surface area contributed by atoms with Crippen molar-refractivity contribution < 1.29 is 9.47 Å². The predicted octanol–water partition coefficient (Wildman–Crippen LogP) is 2.25. The average molecular weight is 232 g/mol. The van der Waals surface area contributed by atoms with E-state index in [4.69, 9.17) is 9.47 Å². The Bertz CT molecular complexity index is 265. The maximum absolute atomic E-state index is 5.24. The Morgan fingerprint density at radius 3 is 2.92 bits per heavy atom. The molecule has 0 fully saturated rings. The minimum Gasteiger partial charge on any atom is -0.494 e. The topological polar surface area (TPSA) is 31.4 Å². The van der Waals surface area contributed by atoms with Gasteiger partial charge in [0.05, 0.1) is 19.9 Å².